The summed E-state index contributed by atoms with van der Waals surface area (Å²) >= 11 is 0. The Morgan fingerprint density at radius 3 is 2.46 bits per heavy atom. The number of carbonyl (C=O) groups is 1. The van der Waals surface area contributed by atoms with Crippen LogP contribution in [0.2, 0.25) is 0 Å². The smallest absolute Gasteiger partial charge is 0.343 e. The predicted octanol–water partition coefficient (Wildman–Crippen LogP) is 2.06. The minimum absolute atomic E-state index is 0.435. The molecule has 0 aliphatic heterocycles. The molecule has 1 aromatic rings. The zero-order valence-corrected chi connectivity index (χ0v) is 6.30. The molecule has 2 nitrogen and oxygen atoms in total. The lowest BCUT2D eigenvalue weighted by molar-refractivity contribution is -0.143. The van der Waals surface area contributed by atoms with Crippen LogP contribution in [-0.4, -0.2) is 11.1 Å². The first-order chi connectivity index (χ1) is 6.02. The monoisotopic (exact) mass is 190 g/mol. The Morgan fingerprint density at radius 2 is 2.00 bits per heavy atom. The summed E-state index contributed by atoms with van der Waals surface area (Å²) in [4.78, 5) is 10.1. The number of halogens is 3. The van der Waals surface area contributed by atoms with Gasteiger partial charge in [-0.25, -0.2) is 18.0 Å². The molecular weight excluding hydrogens is 185 g/mol. The van der Waals surface area contributed by atoms with Crippen molar-refractivity contribution >= 4 is 5.97 Å². The number of rotatable bonds is 2. The van der Waals surface area contributed by atoms with Gasteiger partial charge in [-0.15, -0.1) is 0 Å². The van der Waals surface area contributed by atoms with Gasteiger partial charge in [0.05, 0.1) is 0 Å². The maximum absolute atomic E-state index is 12.7. The fraction of sp³-hybridized carbons (Fsp3) is 0.125. The lowest BCUT2D eigenvalue weighted by Gasteiger charge is -2.03. The van der Waals surface area contributed by atoms with Gasteiger partial charge in [0.1, 0.15) is 11.6 Å². The molecule has 0 bridgehead atoms. The minimum Gasteiger partial charge on any atom is -0.479 e. The molecule has 0 spiro atoms. The van der Waals surface area contributed by atoms with Crippen molar-refractivity contribution in [2.75, 3.05) is 0 Å². The Morgan fingerprint density at radius 1 is 1.38 bits per heavy atom. The summed E-state index contributed by atoms with van der Waals surface area (Å²) < 4.78 is 37.7. The van der Waals surface area contributed by atoms with Crippen molar-refractivity contribution in [1.82, 2.24) is 0 Å². The standard InChI is InChI=1S/C8H5F3O2/c9-4-1-2-5(6(10)3-4)7(11)8(12)13/h1-3,7H,(H,12,13). The first-order valence-electron chi connectivity index (χ1n) is 3.34. The molecule has 0 amide bonds. The summed E-state index contributed by atoms with van der Waals surface area (Å²) in [6.45, 7) is 0. The van der Waals surface area contributed by atoms with Crippen LogP contribution in [0, 0.1) is 11.6 Å². The highest BCUT2D eigenvalue weighted by molar-refractivity contribution is 5.74. The summed E-state index contributed by atoms with van der Waals surface area (Å²) in [7, 11) is 0. The molecule has 0 aromatic heterocycles. The summed E-state index contributed by atoms with van der Waals surface area (Å²) in [5.41, 5.74) is -0.672. The van der Waals surface area contributed by atoms with Crippen LogP contribution in [-0.2, 0) is 4.79 Å². The number of hydrogen-bond donors (Lipinski definition) is 1. The number of aliphatic carboxylic acids is 1. The third-order valence-electron chi connectivity index (χ3n) is 1.45. The van der Waals surface area contributed by atoms with Crippen LogP contribution in [0.3, 0.4) is 0 Å². The van der Waals surface area contributed by atoms with E-state index in [2.05, 4.69) is 0 Å². The molecule has 1 N–H and O–H groups in total. The van der Waals surface area contributed by atoms with E-state index in [1.165, 1.54) is 0 Å². The van der Waals surface area contributed by atoms with E-state index >= 15 is 0 Å². The lowest BCUT2D eigenvalue weighted by atomic mass is 10.1. The van der Waals surface area contributed by atoms with Gasteiger partial charge in [-0.05, 0) is 12.1 Å². The first-order valence-corrected chi connectivity index (χ1v) is 3.34. The van der Waals surface area contributed by atoms with Crippen LogP contribution in [0.4, 0.5) is 13.2 Å². The van der Waals surface area contributed by atoms with Crippen molar-refractivity contribution in [3.63, 3.8) is 0 Å². The summed E-state index contributed by atoms with van der Waals surface area (Å²) in [5.74, 6) is -3.88. The van der Waals surface area contributed by atoms with E-state index in [0.717, 1.165) is 12.1 Å². The van der Waals surface area contributed by atoms with Gasteiger partial charge < -0.3 is 5.11 Å². The molecule has 0 saturated carbocycles. The zero-order valence-electron chi connectivity index (χ0n) is 6.30. The van der Waals surface area contributed by atoms with Gasteiger partial charge in [0.25, 0.3) is 0 Å². The van der Waals surface area contributed by atoms with Gasteiger partial charge >= 0.3 is 5.97 Å². The van der Waals surface area contributed by atoms with E-state index in [-0.39, 0.29) is 0 Å². The number of benzene rings is 1. The maximum Gasteiger partial charge on any atom is 0.343 e. The van der Waals surface area contributed by atoms with Crippen molar-refractivity contribution in [2.45, 2.75) is 6.17 Å². The van der Waals surface area contributed by atoms with Crippen LogP contribution >= 0.6 is 0 Å². The highest BCUT2D eigenvalue weighted by atomic mass is 19.1. The largest absolute Gasteiger partial charge is 0.479 e. The van der Waals surface area contributed by atoms with Crippen LogP contribution in [0.5, 0.6) is 0 Å². The molecule has 0 aliphatic carbocycles. The van der Waals surface area contributed by atoms with Gasteiger partial charge in [0.15, 0.2) is 0 Å². The molecule has 70 valence electrons. The van der Waals surface area contributed by atoms with Gasteiger partial charge in [0, 0.05) is 11.6 Å². The fourth-order valence-electron chi connectivity index (χ4n) is 0.840. The number of carboxylic acid groups (broad SMARTS) is 1. The van der Waals surface area contributed by atoms with Crippen LogP contribution < -0.4 is 0 Å². The Labute approximate surface area is 71.6 Å². The zero-order chi connectivity index (χ0) is 10.0. The molecule has 1 aromatic carbocycles. The molecule has 1 rings (SSSR count). The third-order valence-corrected chi connectivity index (χ3v) is 1.45. The van der Waals surface area contributed by atoms with Crippen molar-refractivity contribution in [1.29, 1.82) is 0 Å². The molecule has 1 atom stereocenters. The fourth-order valence-corrected chi connectivity index (χ4v) is 0.840. The topological polar surface area (TPSA) is 37.3 Å². The Kier molecular flexibility index (Phi) is 2.55. The molecule has 1 unspecified atom stereocenters. The van der Waals surface area contributed by atoms with Gasteiger partial charge in [-0.2, -0.15) is 0 Å². The minimum atomic E-state index is -2.46. The lowest BCUT2D eigenvalue weighted by Crippen LogP contribution is -2.08. The van der Waals surface area contributed by atoms with Crippen LogP contribution in [0.25, 0.3) is 0 Å². The number of carboxylic acids is 1. The van der Waals surface area contributed by atoms with E-state index in [1.807, 2.05) is 0 Å². The SMILES string of the molecule is O=C(O)C(F)c1ccc(F)cc1F. The highest BCUT2D eigenvalue weighted by Crippen LogP contribution is 2.21. The van der Waals surface area contributed by atoms with Gasteiger partial charge in [-0.3, -0.25) is 0 Å². The molecule has 0 radical (unpaired) electrons. The van der Waals surface area contributed by atoms with E-state index in [9.17, 15) is 18.0 Å². The maximum atomic E-state index is 12.7. The second kappa shape index (κ2) is 3.47. The second-order valence-electron chi connectivity index (χ2n) is 2.37. The third kappa shape index (κ3) is 1.99. The molecular formula is C8H5F3O2. The Hall–Kier alpha value is -1.52. The van der Waals surface area contributed by atoms with E-state index in [4.69, 9.17) is 5.11 Å². The van der Waals surface area contributed by atoms with Crippen molar-refractivity contribution in [3.8, 4) is 0 Å². The summed E-state index contributed by atoms with van der Waals surface area (Å²) in [5, 5.41) is 8.19. The Balaban J connectivity index is 3.08. The van der Waals surface area contributed by atoms with Crippen molar-refractivity contribution < 1.29 is 23.1 Å². The van der Waals surface area contributed by atoms with E-state index in [0.29, 0.717) is 6.07 Å². The van der Waals surface area contributed by atoms with Crippen LogP contribution in [0.1, 0.15) is 11.7 Å². The quantitative estimate of drug-likeness (QED) is 0.774. The summed E-state index contributed by atoms with van der Waals surface area (Å²) in [6, 6.07) is 2.00. The second-order valence-corrected chi connectivity index (χ2v) is 2.37. The Bertz CT molecular complexity index is 338. The average molecular weight is 190 g/mol. The van der Waals surface area contributed by atoms with Gasteiger partial charge in [0.2, 0.25) is 6.17 Å². The molecule has 0 heterocycles. The average Bonchev–Trinajstić information content (AvgIpc) is 2.03. The molecule has 0 saturated heterocycles. The van der Waals surface area contributed by atoms with Crippen LogP contribution in [0.15, 0.2) is 18.2 Å². The highest BCUT2D eigenvalue weighted by Gasteiger charge is 2.22. The molecule has 0 fully saturated rings. The molecule has 5 heteroatoms. The molecule has 0 aliphatic rings. The van der Waals surface area contributed by atoms with E-state index < -0.39 is 29.3 Å². The summed E-state index contributed by atoms with van der Waals surface area (Å²) in [6.07, 6.45) is -2.46. The normalized spacial score (nSPS) is 12.5. The number of hydrogen-bond acceptors (Lipinski definition) is 1. The van der Waals surface area contributed by atoms with Crippen molar-refractivity contribution in [2.24, 2.45) is 0 Å². The van der Waals surface area contributed by atoms with Gasteiger partial charge in [-0.1, -0.05) is 0 Å². The first kappa shape index (κ1) is 9.57. The van der Waals surface area contributed by atoms with E-state index in [1.54, 1.807) is 0 Å². The van der Waals surface area contributed by atoms with Crippen molar-refractivity contribution in [3.05, 3.63) is 35.4 Å². The predicted molar refractivity (Wildman–Crippen MR) is 37.8 cm³/mol. The number of alkyl halides is 1. The molecule has 13 heavy (non-hydrogen) atoms.